The van der Waals surface area contributed by atoms with Crippen molar-refractivity contribution in [2.75, 3.05) is 0 Å². The second-order valence-corrected chi connectivity index (χ2v) is 4.95. The fraction of sp³-hybridized carbons (Fsp3) is 0.222. The van der Waals surface area contributed by atoms with Gasteiger partial charge in [0.2, 0.25) is 0 Å². The lowest BCUT2D eigenvalue weighted by atomic mass is 10.1. The minimum Gasteiger partial charge on any atom is -0.507 e. The van der Waals surface area contributed by atoms with Crippen LogP contribution in [0.25, 0.3) is 0 Å². The Kier molecular flexibility index (Phi) is 3.99. The summed E-state index contributed by atoms with van der Waals surface area (Å²) in [6.07, 6.45) is 0.624. The number of carboxylic acid groups (broad SMARTS) is 1. The molecule has 0 unspecified atom stereocenters. The molecule has 0 aliphatic rings. The van der Waals surface area contributed by atoms with Crippen LogP contribution >= 0.6 is 45.2 Å². The van der Waals surface area contributed by atoms with Gasteiger partial charge in [-0.25, -0.2) is 4.79 Å². The zero-order valence-electron chi connectivity index (χ0n) is 7.34. The van der Waals surface area contributed by atoms with E-state index in [9.17, 15) is 9.90 Å². The Morgan fingerprint density at radius 1 is 1.50 bits per heavy atom. The van der Waals surface area contributed by atoms with Gasteiger partial charge in [-0.15, -0.1) is 0 Å². The van der Waals surface area contributed by atoms with Crippen molar-refractivity contribution in [2.24, 2.45) is 0 Å². The zero-order chi connectivity index (χ0) is 10.9. The quantitative estimate of drug-likeness (QED) is 0.727. The van der Waals surface area contributed by atoms with E-state index in [1.165, 1.54) is 0 Å². The molecule has 3 nitrogen and oxygen atoms in total. The van der Waals surface area contributed by atoms with Crippen molar-refractivity contribution >= 4 is 51.2 Å². The smallest absolute Gasteiger partial charge is 0.340 e. The highest BCUT2D eigenvalue weighted by molar-refractivity contribution is 14.1. The maximum Gasteiger partial charge on any atom is 0.340 e. The molecular weight excluding hydrogens is 410 g/mol. The van der Waals surface area contributed by atoms with Gasteiger partial charge in [0.05, 0.1) is 0 Å². The number of hydrogen-bond donors (Lipinski definition) is 2. The average Bonchev–Trinajstić information content (AvgIpc) is 2.11. The van der Waals surface area contributed by atoms with Crippen LogP contribution in [0.2, 0.25) is 0 Å². The number of aromatic hydroxyl groups is 1. The molecule has 0 amide bonds. The lowest BCUT2D eigenvalue weighted by Crippen LogP contribution is -2.04. The van der Waals surface area contributed by atoms with Gasteiger partial charge in [0.15, 0.2) is 0 Å². The molecule has 0 atom stereocenters. The first kappa shape index (κ1) is 12.0. The van der Waals surface area contributed by atoms with Crippen molar-refractivity contribution in [3.63, 3.8) is 0 Å². The van der Waals surface area contributed by atoms with Crippen molar-refractivity contribution in [2.45, 2.75) is 13.3 Å². The molecule has 0 aliphatic carbocycles. The van der Waals surface area contributed by atoms with E-state index in [1.54, 1.807) is 0 Å². The topological polar surface area (TPSA) is 57.5 Å². The first-order chi connectivity index (χ1) is 6.49. The summed E-state index contributed by atoms with van der Waals surface area (Å²) >= 11 is 4.00. The number of phenols is 1. The van der Waals surface area contributed by atoms with E-state index in [0.29, 0.717) is 15.6 Å². The molecule has 1 aromatic rings. The molecule has 2 N–H and O–H groups in total. The Labute approximate surface area is 109 Å². The standard InChI is InChI=1S/C9H8I2O3/c1-2-4-3-5(10)7(11)6(8(4)12)9(13)14/h3,12H,2H2,1H3,(H,13,14). The zero-order valence-corrected chi connectivity index (χ0v) is 11.7. The molecule has 0 saturated carbocycles. The third-order valence-corrected chi connectivity index (χ3v) is 4.87. The number of halogens is 2. The van der Waals surface area contributed by atoms with E-state index in [4.69, 9.17) is 5.11 Å². The number of rotatable bonds is 2. The molecule has 1 rings (SSSR count). The van der Waals surface area contributed by atoms with E-state index >= 15 is 0 Å². The van der Waals surface area contributed by atoms with E-state index in [1.807, 2.05) is 35.6 Å². The molecule has 14 heavy (non-hydrogen) atoms. The van der Waals surface area contributed by atoms with Gasteiger partial charge in [-0.05, 0) is 63.2 Å². The highest BCUT2D eigenvalue weighted by Gasteiger charge is 2.19. The van der Waals surface area contributed by atoms with Crippen LogP contribution in [-0.4, -0.2) is 16.2 Å². The Balaban J connectivity index is 3.53. The van der Waals surface area contributed by atoms with Gasteiger partial charge < -0.3 is 10.2 Å². The second kappa shape index (κ2) is 4.65. The Morgan fingerprint density at radius 2 is 2.07 bits per heavy atom. The summed E-state index contributed by atoms with van der Waals surface area (Å²) in [5.41, 5.74) is 0.682. The molecule has 5 heteroatoms. The van der Waals surface area contributed by atoms with E-state index in [0.717, 1.165) is 3.57 Å². The molecule has 76 valence electrons. The summed E-state index contributed by atoms with van der Waals surface area (Å²) in [5, 5.41) is 18.6. The molecule has 0 heterocycles. The summed E-state index contributed by atoms with van der Waals surface area (Å²) in [4.78, 5) is 10.9. The van der Waals surface area contributed by atoms with Crippen molar-refractivity contribution in [3.05, 3.63) is 24.3 Å². The highest BCUT2D eigenvalue weighted by atomic mass is 127. The third-order valence-electron chi connectivity index (χ3n) is 1.87. The molecule has 0 radical (unpaired) electrons. The molecule has 0 fully saturated rings. The van der Waals surface area contributed by atoms with Gasteiger partial charge >= 0.3 is 5.97 Å². The van der Waals surface area contributed by atoms with Crippen molar-refractivity contribution in [3.8, 4) is 5.75 Å². The molecule has 0 bridgehead atoms. The van der Waals surface area contributed by atoms with Gasteiger partial charge in [-0.3, -0.25) is 0 Å². The number of hydrogen-bond acceptors (Lipinski definition) is 2. The molecular formula is C9H8I2O3. The summed E-state index contributed by atoms with van der Waals surface area (Å²) in [6, 6.07) is 1.81. The van der Waals surface area contributed by atoms with Crippen LogP contribution in [0.4, 0.5) is 0 Å². The first-order valence-electron chi connectivity index (χ1n) is 3.92. The van der Waals surface area contributed by atoms with E-state index < -0.39 is 5.97 Å². The van der Waals surface area contributed by atoms with E-state index in [-0.39, 0.29) is 11.3 Å². The molecule has 0 aliphatic heterocycles. The number of carboxylic acids is 1. The monoisotopic (exact) mass is 418 g/mol. The average molecular weight is 418 g/mol. The van der Waals surface area contributed by atoms with Crippen molar-refractivity contribution in [1.29, 1.82) is 0 Å². The number of carbonyl (C=O) groups is 1. The molecule has 0 spiro atoms. The summed E-state index contributed by atoms with van der Waals surface area (Å²) in [6.45, 7) is 1.88. The minimum atomic E-state index is -1.08. The predicted molar refractivity (Wildman–Crippen MR) is 69.9 cm³/mol. The second-order valence-electron chi connectivity index (χ2n) is 2.71. The highest BCUT2D eigenvalue weighted by Crippen LogP contribution is 2.31. The predicted octanol–water partition coefficient (Wildman–Crippen LogP) is 2.86. The first-order valence-corrected chi connectivity index (χ1v) is 6.07. The van der Waals surface area contributed by atoms with Gasteiger partial charge in [0.1, 0.15) is 11.3 Å². The van der Waals surface area contributed by atoms with Gasteiger partial charge in [0.25, 0.3) is 0 Å². The lowest BCUT2D eigenvalue weighted by Gasteiger charge is -2.09. The lowest BCUT2D eigenvalue weighted by molar-refractivity contribution is 0.0692. The molecule has 0 saturated heterocycles. The van der Waals surface area contributed by atoms with Crippen LogP contribution < -0.4 is 0 Å². The summed E-state index contributed by atoms with van der Waals surface area (Å²) < 4.78 is 1.45. The molecule has 0 aromatic heterocycles. The number of aromatic carboxylic acids is 1. The minimum absolute atomic E-state index is 0.00866. The van der Waals surface area contributed by atoms with Crippen LogP contribution in [0.5, 0.6) is 5.75 Å². The van der Waals surface area contributed by atoms with Gasteiger partial charge in [-0.1, -0.05) is 6.92 Å². The third kappa shape index (κ3) is 2.13. The fourth-order valence-corrected chi connectivity index (χ4v) is 2.42. The van der Waals surface area contributed by atoms with Crippen LogP contribution in [-0.2, 0) is 6.42 Å². The molecule has 1 aromatic carbocycles. The normalized spacial score (nSPS) is 10.2. The van der Waals surface area contributed by atoms with E-state index in [2.05, 4.69) is 22.6 Å². The summed E-state index contributed by atoms with van der Waals surface area (Å²) in [7, 11) is 0. The maximum absolute atomic E-state index is 10.9. The van der Waals surface area contributed by atoms with Crippen LogP contribution in [0.1, 0.15) is 22.8 Å². The van der Waals surface area contributed by atoms with Gasteiger partial charge in [-0.2, -0.15) is 0 Å². The maximum atomic E-state index is 10.9. The fourth-order valence-electron chi connectivity index (χ4n) is 1.13. The Hall–Kier alpha value is -0.0500. The van der Waals surface area contributed by atoms with Crippen molar-refractivity contribution < 1.29 is 15.0 Å². The van der Waals surface area contributed by atoms with Crippen molar-refractivity contribution in [1.82, 2.24) is 0 Å². The van der Waals surface area contributed by atoms with Gasteiger partial charge in [0, 0.05) is 7.14 Å². The Bertz CT molecular complexity index is 388. The largest absolute Gasteiger partial charge is 0.507 e. The Morgan fingerprint density at radius 3 is 2.50 bits per heavy atom. The van der Waals surface area contributed by atoms with Crippen LogP contribution in [0, 0.1) is 7.14 Å². The number of aryl methyl sites for hydroxylation is 1. The van der Waals surface area contributed by atoms with Crippen LogP contribution in [0.3, 0.4) is 0 Å². The number of benzene rings is 1. The SMILES string of the molecule is CCc1cc(I)c(I)c(C(=O)O)c1O. The summed E-state index contributed by atoms with van der Waals surface area (Å²) in [5.74, 6) is -1.19. The van der Waals surface area contributed by atoms with Crippen LogP contribution in [0.15, 0.2) is 6.07 Å².